The molecule has 0 spiro atoms. The van der Waals surface area contributed by atoms with E-state index in [2.05, 4.69) is 4.98 Å². The summed E-state index contributed by atoms with van der Waals surface area (Å²) in [7, 11) is 0. The number of nitrogens with zero attached hydrogens (tertiary/aromatic N) is 1. The predicted octanol–water partition coefficient (Wildman–Crippen LogP) is 4.17. The highest BCUT2D eigenvalue weighted by molar-refractivity contribution is 6.06. The summed E-state index contributed by atoms with van der Waals surface area (Å²) in [5.41, 5.74) is 1.30. The molecule has 6 heteroatoms. The van der Waals surface area contributed by atoms with Gasteiger partial charge in [-0.15, -0.1) is 0 Å². The Balaban J connectivity index is 1.71. The van der Waals surface area contributed by atoms with Crippen molar-refractivity contribution in [3.05, 3.63) is 92.8 Å². The molecule has 1 N–H and O–H groups in total. The zero-order chi connectivity index (χ0) is 18.1. The van der Waals surface area contributed by atoms with Crippen molar-refractivity contribution in [1.29, 1.82) is 0 Å². The monoisotopic (exact) mass is 346 g/mol. The maximum atomic E-state index is 12.1. The van der Waals surface area contributed by atoms with Gasteiger partial charge in [-0.2, -0.15) is 0 Å². The fourth-order valence-corrected chi connectivity index (χ4v) is 2.96. The molecule has 0 unspecified atom stereocenters. The molecule has 0 aliphatic heterocycles. The Hall–Kier alpha value is -3.67. The number of rotatable bonds is 4. The van der Waals surface area contributed by atoms with E-state index in [1.54, 1.807) is 12.1 Å². The highest BCUT2D eigenvalue weighted by atomic mass is 16.6. The summed E-state index contributed by atoms with van der Waals surface area (Å²) in [5, 5.41) is 13.5. The number of non-ortho nitro benzene ring substituents is 1. The molecule has 4 rings (SSSR count). The Bertz CT molecular complexity index is 1180. The van der Waals surface area contributed by atoms with Gasteiger partial charge in [0.25, 0.3) is 11.2 Å². The molecular weight excluding hydrogens is 332 g/mol. The Labute approximate surface area is 147 Å². The summed E-state index contributed by atoms with van der Waals surface area (Å²) in [5.74, 6) is 0.479. The van der Waals surface area contributed by atoms with Crippen LogP contribution in [0.15, 0.2) is 71.5 Å². The number of aromatic amines is 1. The van der Waals surface area contributed by atoms with Crippen LogP contribution in [0, 0.1) is 10.1 Å². The van der Waals surface area contributed by atoms with Crippen molar-refractivity contribution in [1.82, 2.24) is 4.98 Å². The van der Waals surface area contributed by atoms with Crippen LogP contribution in [0.4, 0.5) is 5.69 Å². The molecule has 26 heavy (non-hydrogen) atoms. The molecule has 0 radical (unpaired) electrons. The number of hydrogen-bond acceptors (Lipinski definition) is 4. The molecule has 0 saturated heterocycles. The van der Waals surface area contributed by atoms with Gasteiger partial charge in [-0.05, 0) is 29.1 Å². The molecule has 0 aliphatic carbocycles. The average molecular weight is 346 g/mol. The Morgan fingerprint density at radius 1 is 0.962 bits per heavy atom. The van der Waals surface area contributed by atoms with Gasteiger partial charge in [0.1, 0.15) is 12.4 Å². The number of H-pyrrole nitrogens is 1. The van der Waals surface area contributed by atoms with Gasteiger partial charge in [-0.3, -0.25) is 14.9 Å². The van der Waals surface area contributed by atoms with Crippen LogP contribution in [0.1, 0.15) is 5.56 Å². The van der Waals surface area contributed by atoms with Crippen LogP contribution in [0.3, 0.4) is 0 Å². The second-order valence-electron chi connectivity index (χ2n) is 5.92. The minimum Gasteiger partial charge on any atom is -0.488 e. The number of benzene rings is 3. The number of nitro groups is 1. The molecule has 0 fully saturated rings. The molecule has 1 aromatic heterocycles. The minimum atomic E-state index is -0.444. The third-order valence-corrected chi connectivity index (χ3v) is 4.25. The summed E-state index contributed by atoms with van der Waals surface area (Å²) in [4.78, 5) is 25.2. The molecule has 128 valence electrons. The largest absolute Gasteiger partial charge is 0.488 e. The topological polar surface area (TPSA) is 85.2 Å². The molecule has 0 saturated carbocycles. The summed E-state index contributed by atoms with van der Waals surface area (Å²) in [6.07, 6.45) is 0. The minimum absolute atomic E-state index is 0.0295. The number of nitrogens with one attached hydrogen (secondary N) is 1. The molecule has 0 aliphatic rings. The van der Waals surface area contributed by atoms with Crippen LogP contribution in [-0.2, 0) is 6.61 Å². The van der Waals surface area contributed by atoms with Crippen molar-refractivity contribution in [2.75, 3.05) is 0 Å². The van der Waals surface area contributed by atoms with E-state index in [0.29, 0.717) is 5.75 Å². The first-order valence-electron chi connectivity index (χ1n) is 8.03. The van der Waals surface area contributed by atoms with E-state index in [4.69, 9.17) is 4.74 Å². The van der Waals surface area contributed by atoms with E-state index < -0.39 is 4.92 Å². The quantitative estimate of drug-likeness (QED) is 0.341. The van der Waals surface area contributed by atoms with E-state index in [9.17, 15) is 14.9 Å². The molecule has 6 nitrogen and oxygen atoms in total. The predicted molar refractivity (Wildman–Crippen MR) is 99.5 cm³/mol. The first-order valence-corrected chi connectivity index (χ1v) is 8.03. The Morgan fingerprint density at radius 3 is 2.50 bits per heavy atom. The van der Waals surface area contributed by atoms with Gasteiger partial charge in [-0.1, -0.05) is 30.3 Å². The number of aromatic nitrogens is 1. The summed E-state index contributed by atoms with van der Waals surface area (Å²) < 4.78 is 5.85. The second kappa shape index (κ2) is 6.33. The van der Waals surface area contributed by atoms with E-state index >= 15 is 0 Å². The maximum Gasteiger partial charge on any atom is 0.269 e. The van der Waals surface area contributed by atoms with E-state index in [-0.39, 0.29) is 17.9 Å². The number of nitro benzene ring substituents is 1. The van der Waals surface area contributed by atoms with Crippen LogP contribution in [0.25, 0.3) is 21.7 Å². The number of pyridine rings is 1. The second-order valence-corrected chi connectivity index (χ2v) is 5.92. The van der Waals surface area contributed by atoms with Crippen molar-refractivity contribution in [3.63, 3.8) is 0 Å². The average Bonchev–Trinajstić information content (AvgIpc) is 2.66. The van der Waals surface area contributed by atoms with Crippen molar-refractivity contribution < 1.29 is 9.66 Å². The Kier molecular flexibility index (Phi) is 3.85. The Morgan fingerprint density at radius 2 is 1.73 bits per heavy atom. The van der Waals surface area contributed by atoms with Gasteiger partial charge in [0.05, 0.1) is 10.4 Å². The van der Waals surface area contributed by atoms with Crippen LogP contribution in [-0.4, -0.2) is 9.91 Å². The third-order valence-electron chi connectivity index (χ3n) is 4.25. The first kappa shape index (κ1) is 15.8. The summed E-state index contributed by atoms with van der Waals surface area (Å²) in [6.45, 7) is 0.212. The van der Waals surface area contributed by atoms with E-state index in [1.807, 2.05) is 36.4 Å². The van der Waals surface area contributed by atoms with Crippen LogP contribution in [0.2, 0.25) is 0 Å². The van der Waals surface area contributed by atoms with Crippen molar-refractivity contribution in [3.8, 4) is 5.75 Å². The van der Waals surface area contributed by atoms with E-state index in [1.165, 1.54) is 18.2 Å². The lowest BCUT2D eigenvalue weighted by Gasteiger charge is -2.11. The molecule has 3 aromatic carbocycles. The van der Waals surface area contributed by atoms with Gasteiger partial charge in [0.2, 0.25) is 0 Å². The van der Waals surface area contributed by atoms with Crippen LogP contribution in [0.5, 0.6) is 5.75 Å². The van der Waals surface area contributed by atoms with Gasteiger partial charge in [0.15, 0.2) is 0 Å². The summed E-state index contributed by atoms with van der Waals surface area (Å²) >= 11 is 0. The van der Waals surface area contributed by atoms with Crippen LogP contribution < -0.4 is 10.3 Å². The molecule has 0 bridgehead atoms. The lowest BCUT2D eigenvalue weighted by atomic mass is 10.1. The highest BCUT2D eigenvalue weighted by Crippen LogP contribution is 2.29. The summed E-state index contributed by atoms with van der Waals surface area (Å²) in [6, 6.07) is 19.3. The molecule has 1 heterocycles. The fourth-order valence-electron chi connectivity index (χ4n) is 2.96. The molecule has 0 atom stereocenters. The highest BCUT2D eigenvalue weighted by Gasteiger charge is 2.09. The van der Waals surface area contributed by atoms with Gasteiger partial charge < -0.3 is 9.72 Å². The van der Waals surface area contributed by atoms with Crippen molar-refractivity contribution >= 4 is 27.4 Å². The van der Waals surface area contributed by atoms with E-state index in [0.717, 1.165) is 27.2 Å². The fraction of sp³-hybridized carbons (Fsp3) is 0.0500. The lowest BCUT2D eigenvalue weighted by molar-refractivity contribution is -0.384. The molecular formula is C20H14N2O4. The normalized spacial score (nSPS) is 10.9. The standard InChI is InChI=1S/C20H14N2O4/c23-19-11-18(26-12-13-5-8-15(9-6-13)22(24)25)17-10-7-14-3-1-2-4-16(14)20(17)21-19/h1-11H,12H2,(H,21,23). The van der Waals surface area contributed by atoms with Gasteiger partial charge in [-0.25, -0.2) is 0 Å². The SMILES string of the molecule is O=c1cc(OCc2ccc([N+](=O)[O-])cc2)c2ccc3ccccc3c2[nH]1. The first-order chi connectivity index (χ1) is 12.6. The molecule has 0 amide bonds. The third kappa shape index (κ3) is 2.88. The number of hydrogen-bond donors (Lipinski definition) is 1. The van der Waals surface area contributed by atoms with Crippen molar-refractivity contribution in [2.24, 2.45) is 0 Å². The zero-order valence-corrected chi connectivity index (χ0v) is 13.6. The lowest BCUT2D eigenvalue weighted by Crippen LogP contribution is -2.07. The maximum absolute atomic E-state index is 12.1. The smallest absolute Gasteiger partial charge is 0.269 e. The number of ether oxygens (including phenoxy) is 1. The van der Waals surface area contributed by atoms with Gasteiger partial charge in [0, 0.05) is 29.0 Å². The van der Waals surface area contributed by atoms with Crippen LogP contribution >= 0.6 is 0 Å². The zero-order valence-electron chi connectivity index (χ0n) is 13.6. The molecule has 4 aromatic rings. The van der Waals surface area contributed by atoms with Gasteiger partial charge >= 0.3 is 0 Å². The van der Waals surface area contributed by atoms with Crippen molar-refractivity contribution in [2.45, 2.75) is 6.61 Å². The number of fused-ring (bicyclic) bond motifs is 3.